The number of hydrogen-bond acceptors (Lipinski definition) is 3. The molecule has 0 fully saturated rings. The normalized spacial score (nSPS) is 11.6. The smallest absolute Gasteiger partial charge is 0.191 e. The van der Waals surface area contributed by atoms with E-state index in [2.05, 4.69) is 15.6 Å². The minimum Gasteiger partial charge on any atom is -0.356 e. The van der Waals surface area contributed by atoms with Crippen LogP contribution in [0.4, 0.5) is 4.39 Å². The van der Waals surface area contributed by atoms with E-state index in [9.17, 15) is 12.8 Å². The van der Waals surface area contributed by atoms with E-state index in [4.69, 9.17) is 0 Å². The lowest BCUT2D eigenvalue weighted by molar-refractivity contribution is 0.602. The average Bonchev–Trinajstić information content (AvgIpc) is 2.59. The van der Waals surface area contributed by atoms with Crippen LogP contribution >= 0.6 is 24.0 Å². The molecule has 0 amide bonds. The lowest BCUT2D eigenvalue weighted by Crippen LogP contribution is -2.37. The minimum atomic E-state index is -3.16. The van der Waals surface area contributed by atoms with Gasteiger partial charge in [0.25, 0.3) is 0 Å². The van der Waals surface area contributed by atoms with Gasteiger partial charge in [-0.3, -0.25) is 4.99 Å². The SMILES string of the molecule is CN=C(NCCc1ccc(S(C)(=O)=O)cc1)NCc1ccc(F)cc1.I. The van der Waals surface area contributed by atoms with Crippen molar-refractivity contribution in [3.8, 4) is 0 Å². The Hall–Kier alpha value is -1.68. The summed E-state index contributed by atoms with van der Waals surface area (Å²) in [5.74, 6) is 0.394. The van der Waals surface area contributed by atoms with Gasteiger partial charge in [0.1, 0.15) is 5.82 Å². The Kier molecular flexibility index (Phi) is 9.00. The van der Waals surface area contributed by atoms with Gasteiger partial charge in [0.15, 0.2) is 15.8 Å². The molecule has 0 unspecified atom stereocenters. The molecule has 0 spiro atoms. The Bertz CT molecular complexity index is 823. The third kappa shape index (κ3) is 7.28. The van der Waals surface area contributed by atoms with Crippen molar-refractivity contribution in [2.75, 3.05) is 19.8 Å². The fourth-order valence-corrected chi connectivity index (χ4v) is 2.87. The van der Waals surface area contributed by atoms with E-state index >= 15 is 0 Å². The number of benzene rings is 2. The highest BCUT2D eigenvalue weighted by Gasteiger charge is 2.06. The summed E-state index contributed by atoms with van der Waals surface area (Å²) in [7, 11) is -1.48. The summed E-state index contributed by atoms with van der Waals surface area (Å²) in [5, 5.41) is 6.35. The van der Waals surface area contributed by atoms with Crippen LogP contribution in [0.15, 0.2) is 58.4 Å². The molecule has 142 valence electrons. The highest BCUT2D eigenvalue weighted by molar-refractivity contribution is 14.0. The molecule has 0 atom stereocenters. The van der Waals surface area contributed by atoms with E-state index in [1.807, 2.05) is 12.1 Å². The van der Waals surface area contributed by atoms with Gasteiger partial charge in [0.2, 0.25) is 0 Å². The summed E-state index contributed by atoms with van der Waals surface area (Å²) in [6.07, 6.45) is 1.93. The maximum atomic E-state index is 12.9. The number of nitrogens with zero attached hydrogens (tertiary/aromatic N) is 1. The largest absolute Gasteiger partial charge is 0.356 e. The van der Waals surface area contributed by atoms with Crippen LogP contribution in [0.1, 0.15) is 11.1 Å². The monoisotopic (exact) mass is 491 g/mol. The fraction of sp³-hybridized carbons (Fsp3) is 0.278. The fourth-order valence-electron chi connectivity index (χ4n) is 2.24. The lowest BCUT2D eigenvalue weighted by atomic mass is 10.1. The number of hydrogen-bond donors (Lipinski definition) is 2. The van der Waals surface area contributed by atoms with Crippen LogP contribution in [0.25, 0.3) is 0 Å². The first-order chi connectivity index (χ1) is 11.9. The Balaban J connectivity index is 0.00000338. The molecule has 0 aliphatic heterocycles. The van der Waals surface area contributed by atoms with Gasteiger partial charge in [-0.05, 0) is 41.8 Å². The molecule has 2 rings (SSSR count). The molecule has 0 bridgehead atoms. The van der Waals surface area contributed by atoms with Crippen LogP contribution in [0.5, 0.6) is 0 Å². The number of aliphatic imine (C=N–C) groups is 1. The van der Waals surface area contributed by atoms with Crippen molar-refractivity contribution in [1.29, 1.82) is 0 Å². The van der Waals surface area contributed by atoms with Gasteiger partial charge in [0.05, 0.1) is 4.90 Å². The number of rotatable bonds is 6. The summed E-state index contributed by atoms with van der Waals surface area (Å²) >= 11 is 0. The van der Waals surface area contributed by atoms with E-state index in [1.165, 1.54) is 18.4 Å². The van der Waals surface area contributed by atoms with Crippen molar-refractivity contribution < 1.29 is 12.8 Å². The summed E-state index contributed by atoms with van der Waals surface area (Å²) in [6, 6.07) is 13.1. The standard InChI is InChI=1S/C18H22FN3O2S.HI/c1-20-18(22-13-15-3-7-16(19)8-4-15)21-12-11-14-5-9-17(10-6-14)25(2,23)24;/h3-10H,11-13H2,1-2H3,(H2,20,21,22);1H. The zero-order valence-electron chi connectivity index (χ0n) is 14.7. The lowest BCUT2D eigenvalue weighted by Gasteiger charge is -2.12. The van der Waals surface area contributed by atoms with Crippen LogP contribution in [0, 0.1) is 5.82 Å². The van der Waals surface area contributed by atoms with Crippen LogP contribution < -0.4 is 10.6 Å². The minimum absolute atomic E-state index is 0. The van der Waals surface area contributed by atoms with Crippen molar-refractivity contribution in [2.45, 2.75) is 17.9 Å². The highest BCUT2D eigenvalue weighted by atomic mass is 127. The maximum absolute atomic E-state index is 12.9. The topological polar surface area (TPSA) is 70.6 Å². The Morgan fingerprint density at radius 1 is 1.00 bits per heavy atom. The molecule has 0 aliphatic carbocycles. The molecule has 0 aromatic heterocycles. The second-order valence-corrected chi connectivity index (χ2v) is 7.66. The summed E-state index contributed by atoms with van der Waals surface area (Å²) in [6.45, 7) is 1.20. The first-order valence-electron chi connectivity index (χ1n) is 7.86. The van der Waals surface area contributed by atoms with Crippen molar-refractivity contribution in [1.82, 2.24) is 10.6 Å². The van der Waals surface area contributed by atoms with Crippen molar-refractivity contribution in [2.24, 2.45) is 4.99 Å². The molecule has 0 saturated heterocycles. The maximum Gasteiger partial charge on any atom is 0.191 e. The van der Waals surface area contributed by atoms with Crippen molar-refractivity contribution >= 4 is 39.8 Å². The summed E-state index contributed by atoms with van der Waals surface area (Å²) < 4.78 is 35.8. The molecule has 2 aromatic rings. The Labute approximate surface area is 171 Å². The zero-order valence-corrected chi connectivity index (χ0v) is 17.8. The molecule has 8 heteroatoms. The predicted octanol–water partition coefficient (Wildman–Crippen LogP) is 2.75. The van der Waals surface area contributed by atoms with Crippen LogP contribution in [-0.4, -0.2) is 34.2 Å². The van der Waals surface area contributed by atoms with Crippen molar-refractivity contribution in [3.05, 3.63) is 65.5 Å². The zero-order chi connectivity index (χ0) is 18.3. The van der Waals surface area contributed by atoms with E-state index in [0.717, 1.165) is 17.5 Å². The average molecular weight is 491 g/mol. The molecule has 0 aliphatic rings. The van der Waals surface area contributed by atoms with Gasteiger partial charge in [-0.25, -0.2) is 12.8 Å². The molecular formula is C18H23FIN3O2S. The van der Waals surface area contributed by atoms with Gasteiger partial charge in [-0.15, -0.1) is 24.0 Å². The molecule has 0 heterocycles. The van der Waals surface area contributed by atoms with Crippen molar-refractivity contribution in [3.63, 3.8) is 0 Å². The molecule has 5 nitrogen and oxygen atoms in total. The third-order valence-corrected chi connectivity index (χ3v) is 4.78. The van der Waals surface area contributed by atoms with Gasteiger partial charge >= 0.3 is 0 Å². The van der Waals surface area contributed by atoms with Crippen LogP contribution in [-0.2, 0) is 22.8 Å². The summed E-state index contributed by atoms with van der Waals surface area (Å²) in [4.78, 5) is 4.46. The molecule has 0 saturated carbocycles. The van der Waals surface area contributed by atoms with Gasteiger partial charge in [0, 0.05) is 26.4 Å². The number of guanidine groups is 1. The van der Waals surface area contributed by atoms with E-state index in [1.54, 1.807) is 31.3 Å². The van der Waals surface area contributed by atoms with Gasteiger partial charge in [-0.1, -0.05) is 24.3 Å². The third-order valence-electron chi connectivity index (χ3n) is 3.65. The Morgan fingerprint density at radius 3 is 2.12 bits per heavy atom. The quantitative estimate of drug-likeness (QED) is 0.371. The number of sulfone groups is 1. The first kappa shape index (κ1) is 22.4. The van der Waals surface area contributed by atoms with Gasteiger partial charge in [-0.2, -0.15) is 0 Å². The van der Waals surface area contributed by atoms with Gasteiger partial charge < -0.3 is 10.6 Å². The molecule has 0 radical (unpaired) electrons. The second kappa shape index (κ2) is 10.5. The van der Waals surface area contributed by atoms with Crippen LogP contribution in [0.3, 0.4) is 0 Å². The summed E-state index contributed by atoms with van der Waals surface area (Å²) in [5.41, 5.74) is 2.00. The van der Waals surface area contributed by atoms with E-state index in [0.29, 0.717) is 23.9 Å². The molecule has 26 heavy (non-hydrogen) atoms. The number of halogens is 2. The first-order valence-corrected chi connectivity index (χ1v) is 9.75. The van der Waals surface area contributed by atoms with Crippen LogP contribution in [0.2, 0.25) is 0 Å². The number of nitrogens with one attached hydrogen (secondary N) is 2. The van der Waals surface area contributed by atoms with E-state index < -0.39 is 9.84 Å². The molecule has 2 aromatic carbocycles. The molecule has 2 N–H and O–H groups in total. The Morgan fingerprint density at radius 2 is 1.58 bits per heavy atom. The highest BCUT2D eigenvalue weighted by Crippen LogP contribution is 2.10. The molecular weight excluding hydrogens is 468 g/mol. The van der Waals surface area contributed by atoms with E-state index in [-0.39, 0.29) is 29.8 Å². The predicted molar refractivity (Wildman–Crippen MR) is 113 cm³/mol. The second-order valence-electron chi connectivity index (χ2n) is 5.65.